The number of aliphatic hydroxyl groups is 2. The SMILES string of the molecule is COCOC[C@@]1(C)O[C@H]2CC[C@@](C)(O)[C@H](C[C@@H](O)C[C@H]3C[C@H](C)[C@@](OCOC)([C@H](C)CC(=O)O)O3)O[C@@H]2C[C@@H]1OCOC. The van der Waals surface area contributed by atoms with Crippen molar-refractivity contribution in [3.63, 3.8) is 0 Å². The molecular formula is C30H54O13. The van der Waals surface area contributed by atoms with Crippen molar-refractivity contribution in [1.29, 1.82) is 0 Å². The van der Waals surface area contributed by atoms with Crippen molar-refractivity contribution in [2.24, 2.45) is 11.8 Å². The quantitative estimate of drug-likeness (QED) is 0.160. The maximum atomic E-state index is 11.5. The van der Waals surface area contributed by atoms with Gasteiger partial charge in [-0.3, -0.25) is 4.79 Å². The maximum absolute atomic E-state index is 11.5. The highest BCUT2D eigenvalue weighted by atomic mass is 16.8. The minimum Gasteiger partial charge on any atom is -0.481 e. The van der Waals surface area contributed by atoms with Crippen LogP contribution in [0.2, 0.25) is 0 Å². The number of carbonyl (C=O) groups is 1. The first-order valence-electron chi connectivity index (χ1n) is 15.2. The highest BCUT2D eigenvalue weighted by molar-refractivity contribution is 5.67. The van der Waals surface area contributed by atoms with Crippen LogP contribution in [0.1, 0.15) is 72.6 Å². The van der Waals surface area contributed by atoms with Gasteiger partial charge in [0.05, 0.1) is 55.3 Å². The van der Waals surface area contributed by atoms with Gasteiger partial charge in [-0.25, -0.2) is 0 Å². The summed E-state index contributed by atoms with van der Waals surface area (Å²) in [5, 5.41) is 32.1. The summed E-state index contributed by atoms with van der Waals surface area (Å²) in [5.74, 6) is -2.65. The molecule has 3 fully saturated rings. The highest BCUT2D eigenvalue weighted by Crippen LogP contribution is 2.46. The Labute approximate surface area is 255 Å². The van der Waals surface area contributed by atoms with Crippen molar-refractivity contribution in [2.45, 2.75) is 126 Å². The minimum atomic E-state index is -1.21. The Morgan fingerprint density at radius 3 is 2.35 bits per heavy atom. The molecule has 3 aliphatic heterocycles. The Morgan fingerprint density at radius 1 is 1.00 bits per heavy atom. The Bertz CT molecular complexity index is 858. The zero-order valence-electron chi connectivity index (χ0n) is 26.8. The number of carboxylic acid groups (broad SMARTS) is 1. The van der Waals surface area contributed by atoms with E-state index in [0.717, 1.165) is 0 Å². The summed E-state index contributed by atoms with van der Waals surface area (Å²) in [6.07, 6.45) is -0.601. The van der Waals surface area contributed by atoms with Crippen LogP contribution in [0.3, 0.4) is 0 Å². The van der Waals surface area contributed by atoms with E-state index in [0.29, 0.717) is 25.7 Å². The molecule has 0 radical (unpaired) electrons. The van der Waals surface area contributed by atoms with E-state index in [1.165, 1.54) is 7.11 Å². The van der Waals surface area contributed by atoms with Gasteiger partial charge in [-0.15, -0.1) is 0 Å². The average molecular weight is 623 g/mol. The lowest BCUT2D eigenvalue weighted by Gasteiger charge is -2.47. The topological polar surface area (TPSA) is 161 Å². The fourth-order valence-electron chi connectivity index (χ4n) is 6.86. The van der Waals surface area contributed by atoms with Gasteiger partial charge in [-0.05, 0) is 39.5 Å². The van der Waals surface area contributed by atoms with Crippen molar-refractivity contribution >= 4 is 5.97 Å². The number of rotatable bonds is 17. The van der Waals surface area contributed by atoms with Crippen LogP contribution in [0.15, 0.2) is 0 Å². The molecule has 0 spiro atoms. The van der Waals surface area contributed by atoms with Crippen LogP contribution in [-0.4, -0.2) is 123 Å². The second-order valence-electron chi connectivity index (χ2n) is 12.9. The molecular weight excluding hydrogens is 568 g/mol. The molecule has 43 heavy (non-hydrogen) atoms. The maximum Gasteiger partial charge on any atom is 0.303 e. The first kappa shape index (κ1) is 36.5. The highest BCUT2D eigenvalue weighted by Gasteiger charge is 2.54. The second-order valence-corrected chi connectivity index (χ2v) is 12.9. The molecule has 3 rings (SSSR count). The number of fused-ring (bicyclic) bond motifs is 1. The minimum absolute atomic E-state index is 0.0420. The van der Waals surface area contributed by atoms with Crippen LogP contribution < -0.4 is 0 Å². The van der Waals surface area contributed by atoms with Gasteiger partial charge in [0.1, 0.15) is 26.0 Å². The van der Waals surface area contributed by atoms with E-state index in [2.05, 4.69) is 0 Å². The lowest BCUT2D eigenvalue weighted by molar-refractivity contribution is -0.299. The molecule has 0 aliphatic carbocycles. The summed E-state index contributed by atoms with van der Waals surface area (Å²) in [7, 11) is 4.61. The van der Waals surface area contributed by atoms with Crippen LogP contribution >= 0.6 is 0 Å². The van der Waals surface area contributed by atoms with Crippen molar-refractivity contribution in [3.8, 4) is 0 Å². The molecule has 3 N–H and O–H groups in total. The van der Waals surface area contributed by atoms with Crippen LogP contribution in [0, 0.1) is 11.8 Å². The van der Waals surface area contributed by atoms with E-state index in [1.807, 2.05) is 13.8 Å². The molecule has 13 heteroatoms. The number of methoxy groups -OCH3 is 3. The van der Waals surface area contributed by atoms with E-state index in [1.54, 1.807) is 28.1 Å². The Morgan fingerprint density at radius 2 is 1.70 bits per heavy atom. The largest absolute Gasteiger partial charge is 0.481 e. The molecule has 13 nitrogen and oxygen atoms in total. The fraction of sp³-hybridized carbons (Fsp3) is 0.967. The fourth-order valence-corrected chi connectivity index (χ4v) is 6.86. The summed E-state index contributed by atoms with van der Waals surface area (Å²) in [4.78, 5) is 11.5. The van der Waals surface area contributed by atoms with Gasteiger partial charge < -0.3 is 58.0 Å². The summed E-state index contributed by atoms with van der Waals surface area (Å²) in [6, 6.07) is 0. The van der Waals surface area contributed by atoms with Gasteiger partial charge >= 0.3 is 5.97 Å². The van der Waals surface area contributed by atoms with Gasteiger partial charge in [0, 0.05) is 46.0 Å². The predicted octanol–water partition coefficient (Wildman–Crippen LogP) is 2.44. The normalized spacial score (nSPS) is 39.7. The first-order chi connectivity index (χ1) is 20.3. The second kappa shape index (κ2) is 16.0. The van der Waals surface area contributed by atoms with E-state index < -0.39 is 47.2 Å². The van der Waals surface area contributed by atoms with Crippen LogP contribution in [0.25, 0.3) is 0 Å². The van der Waals surface area contributed by atoms with Gasteiger partial charge in [0.15, 0.2) is 5.79 Å². The summed E-state index contributed by atoms with van der Waals surface area (Å²) in [6.45, 7) is 7.81. The van der Waals surface area contributed by atoms with Gasteiger partial charge in [0.2, 0.25) is 0 Å². The lowest BCUT2D eigenvalue weighted by Crippen LogP contribution is -2.58. The van der Waals surface area contributed by atoms with Gasteiger partial charge in [0.25, 0.3) is 0 Å². The lowest BCUT2D eigenvalue weighted by atomic mass is 9.85. The number of carboxylic acids is 1. The third kappa shape index (κ3) is 9.29. The molecule has 252 valence electrons. The Balaban J connectivity index is 1.68. The van der Waals surface area contributed by atoms with E-state index >= 15 is 0 Å². The summed E-state index contributed by atoms with van der Waals surface area (Å²) >= 11 is 0. The van der Waals surface area contributed by atoms with Crippen molar-refractivity contribution in [3.05, 3.63) is 0 Å². The molecule has 0 saturated carbocycles. The molecule has 3 saturated heterocycles. The zero-order valence-corrected chi connectivity index (χ0v) is 26.8. The Kier molecular flexibility index (Phi) is 13.6. The third-order valence-electron chi connectivity index (χ3n) is 9.15. The number of hydrogen-bond donors (Lipinski definition) is 3. The van der Waals surface area contributed by atoms with Gasteiger partial charge in [-0.2, -0.15) is 0 Å². The number of ether oxygens (including phenoxy) is 9. The van der Waals surface area contributed by atoms with E-state index in [4.69, 9.17) is 42.6 Å². The number of hydrogen-bond acceptors (Lipinski definition) is 12. The van der Waals surface area contributed by atoms with E-state index in [9.17, 15) is 20.1 Å². The number of aliphatic hydroxyl groups excluding tert-OH is 1. The number of aliphatic carboxylic acids is 1. The molecule has 0 bridgehead atoms. The molecule has 3 heterocycles. The van der Waals surface area contributed by atoms with Crippen molar-refractivity contribution < 1.29 is 62.7 Å². The summed E-state index contributed by atoms with van der Waals surface area (Å²) in [5.41, 5.74) is -1.99. The smallest absolute Gasteiger partial charge is 0.303 e. The first-order valence-corrected chi connectivity index (χ1v) is 15.2. The molecule has 0 aromatic heterocycles. The van der Waals surface area contributed by atoms with Gasteiger partial charge in [-0.1, -0.05) is 13.8 Å². The molecule has 0 amide bonds. The van der Waals surface area contributed by atoms with E-state index in [-0.39, 0.29) is 70.5 Å². The van der Waals surface area contributed by atoms with Crippen molar-refractivity contribution in [2.75, 3.05) is 48.3 Å². The van der Waals surface area contributed by atoms with Crippen LogP contribution in [-0.2, 0) is 47.4 Å². The molecule has 0 unspecified atom stereocenters. The van der Waals surface area contributed by atoms with Crippen LogP contribution in [0.5, 0.6) is 0 Å². The third-order valence-corrected chi connectivity index (χ3v) is 9.15. The predicted molar refractivity (Wildman–Crippen MR) is 152 cm³/mol. The standard InChI is InChI=1S/C30H54O13/c1-19-10-22(42-30(19,40-18-37-7)20(2)11-27(32)33)12-21(31)13-25-28(3,34)9-8-23-24(41-25)14-26(39-17-36-6)29(4,43-23)15-38-16-35-5/h19-26,31,34H,8-18H2,1-7H3,(H,32,33)/t19-,20+,21-,22+,23-,24+,25-,26-,28+,29+,30-/m0/s1. The monoisotopic (exact) mass is 622 g/mol. The molecule has 11 atom stereocenters. The zero-order chi connectivity index (χ0) is 31.8. The van der Waals surface area contributed by atoms with Crippen molar-refractivity contribution in [1.82, 2.24) is 0 Å². The average Bonchev–Trinajstić information content (AvgIpc) is 3.19. The molecule has 3 aliphatic rings. The Hall–Kier alpha value is -0.970. The molecule has 0 aromatic carbocycles. The molecule has 0 aromatic rings. The van der Waals surface area contributed by atoms with Crippen LogP contribution in [0.4, 0.5) is 0 Å². The summed E-state index contributed by atoms with van der Waals surface area (Å²) < 4.78 is 52.3.